The average molecular weight is 323 g/mol. The van der Waals surface area contributed by atoms with Gasteiger partial charge in [0.15, 0.2) is 5.78 Å². The number of anilines is 2. The molecule has 6 nitrogen and oxygen atoms in total. The molecule has 0 radical (unpaired) electrons. The van der Waals surface area contributed by atoms with Crippen molar-refractivity contribution in [3.05, 3.63) is 40.8 Å². The van der Waals surface area contributed by atoms with Crippen LogP contribution in [-0.4, -0.2) is 21.7 Å². The number of nitrogens with zero attached hydrogens (tertiary/aromatic N) is 1. The summed E-state index contributed by atoms with van der Waals surface area (Å²) in [6.45, 7) is 5.20. The normalized spacial score (nSPS) is 9.95. The second kappa shape index (κ2) is 7.09. The zero-order valence-electron chi connectivity index (χ0n) is 12.7. The van der Waals surface area contributed by atoms with Crippen molar-refractivity contribution in [2.45, 2.75) is 27.2 Å². The maximum absolute atomic E-state index is 12.4. The van der Waals surface area contributed by atoms with Gasteiger partial charge in [-0.05, 0) is 38.0 Å². The van der Waals surface area contributed by atoms with Crippen LogP contribution in [0.4, 0.5) is 11.5 Å². The molecular formula is C15H19ClN4O2. The smallest absolute Gasteiger partial charge is 0.272 e. The first-order valence-electron chi connectivity index (χ1n) is 6.69. The van der Waals surface area contributed by atoms with Crippen LogP contribution in [0.25, 0.3) is 0 Å². The van der Waals surface area contributed by atoms with Gasteiger partial charge in [-0.3, -0.25) is 9.59 Å². The van der Waals surface area contributed by atoms with Crippen molar-refractivity contribution in [3.8, 4) is 0 Å². The fraction of sp³-hybridized carbons (Fsp3) is 0.267. The van der Waals surface area contributed by atoms with Gasteiger partial charge in [-0.1, -0.05) is 6.92 Å². The van der Waals surface area contributed by atoms with Crippen LogP contribution in [0.15, 0.2) is 18.3 Å². The van der Waals surface area contributed by atoms with Gasteiger partial charge in [0, 0.05) is 11.3 Å². The molecule has 0 unspecified atom stereocenters. The van der Waals surface area contributed by atoms with Crippen molar-refractivity contribution in [2.24, 2.45) is 0 Å². The van der Waals surface area contributed by atoms with E-state index in [1.54, 1.807) is 19.1 Å². The Bertz CT molecular complexity index is 692. The fourth-order valence-corrected chi connectivity index (χ4v) is 2.37. The van der Waals surface area contributed by atoms with Crippen molar-refractivity contribution in [1.82, 2.24) is 9.97 Å². The summed E-state index contributed by atoms with van der Waals surface area (Å²) in [5.41, 5.74) is 8.51. The number of carbonyl (C=O) groups excluding carboxylic acids is 2. The van der Waals surface area contributed by atoms with E-state index < -0.39 is 0 Å². The summed E-state index contributed by atoms with van der Waals surface area (Å²) >= 11 is 0. The summed E-state index contributed by atoms with van der Waals surface area (Å²) in [6.07, 6.45) is 2.09. The van der Waals surface area contributed by atoms with Gasteiger partial charge in [0.25, 0.3) is 5.91 Å². The summed E-state index contributed by atoms with van der Waals surface area (Å²) in [5, 5.41) is 2.74. The number of aromatic amines is 1. The molecule has 0 spiro atoms. The third-order valence-electron chi connectivity index (χ3n) is 3.27. The first-order chi connectivity index (χ1) is 9.93. The molecule has 118 valence electrons. The number of pyridine rings is 1. The summed E-state index contributed by atoms with van der Waals surface area (Å²) in [7, 11) is 0. The maximum Gasteiger partial charge on any atom is 0.272 e. The minimum absolute atomic E-state index is 0. The number of nitrogens with one attached hydrogen (secondary N) is 2. The number of hydrogen-bond donors (Lipinski definition) is 3. The minimum Gasteiger partial charge on any atom is -0.384 e. The van der Waals surface area contributed by atoms with Gasteiger partial charge in [-0.25, -0.2) is 4.98 Å². The highest BCUT2D eigenvalue weighted by Crippen LogP contribution is 2.21. The first kappa shape index (κ1) is 17.7. The van der Waals surface area contributed by atoms with Gasteiger partial charge in [-0.15, -0.1) is 12.4 Å². The number of rotatable bonds is 4. The molecule has 0 aliphatic heterocycles. The zero-order chi connectivity index (χ0) is 15.6. The zero-order valence-corrected chi connectivity index (χ0v) is 13.5. The first-order valence-corrected chi connectivity index (χ1v) is 6.69. The Hall–Kier alpha value is -2.34. The second-order valence-electron chi connectivity index (χ2n) is 4.81. The Morgan fingerprint density at radius 1 is 1.36 bits per heavy atom. The van der Waals surface area contributed by atoms with Crippen LogP contribution in [-0.2, 0) is 6.42 Å². The van der Waals surface area contributed by atoms with Crippen LogP contribution in [0.1, 0.15) is 46.0 Å². The lowest BCUT2D eigenvalue weighted by atomic mass is 10.0. The topological polar surface area (TPSA) is 101 Å². The lowest BCUT2D eigenvalue weighted by Crippen LogP contribution is -2.15. The van der Waals surface area contributed by atoms with E-state index in [1.807, 2.05) is 6.92 Å². The molecule has 2 aromatic rings. The van der Waals surface area contributed by atoms with E-state index in [-0.39, 0.29) is 24.1 Å². The predicted octanol–water partition coefficient (Wildman–Crippen LogP) is 2.74. The van der Waals surface area contributed by atoms with Gasteiger partial charge in [0.05, 0.1) is 11.9 Å². The highest BCUT2D eigenvalue weighted by atomic mass is 35.5. The molecule has 2 rings (SSSR count). The number of ketones is 1. The molecule has 2 heterocycles. The molecule has 0 saturated carbocycles. The number of Topliss-reactive ketones (excluding diaryl/α,β-unsaturated/α-hetero) is 1. The van der Waals surface area contributed by atoms with E-state index in [1.165, 1.54) is 13.1 Å². The third kappa shape index (κ3) is 3.46. The van der Waals surface area contributed by atoms with Crippen LogP contribution in [0.3, 0.4) is 0 Å². The number of hydrogen-bond acceptors (Lipinski definition) is 4. The van der Waals surface area contributed by atoms with Gasteiger partial charge < -0.3 is 16.0 Å². The van der Waals surface area contributed by atoms with Crippen molar-refractivity contribution < 1.29 is 9.59 Å². The SMILES string of the molecule is CCc1c(C(=O)Nc2ccc(N)nc2)[nH]c(C)c1C(C)=O.Cl. The van der Waals surface area contributed by atoms with E-state index >= 15 is 0 Å². The lowest BCUT2D eigenvalue weighted by molar-refractivity contribution is 0.101. The number of H-pyrrole nitrogens is 1. The molecule has 0 saturated heterocycles. The second-order valence-corrected chi connectivity index (χ2v) is 4.81. The predicted molar refractivity (Wildman–Crippen MR) is 88.8 cm³/mol. The van der Waals surface area contributed by atoms with Crippen LogP contribution >= 0.6 is 12.4 Å². The molecule has 0 aromatic carbocycles. The summed E-state index contributed by atoms with van der Waals surface area (Å²) in [6, 6.07) is 3.28. The maximum atomic E-state index is 12.4. The lowest BCUT2D eigenvalue weighted by Gasteiger charge is -2.06. The molecule has 0 fully saturated rings. The molecule has 0 bridgehead atoms. The number of nitrogens with two attached hydrogens (primary N) is 1. The number of nitrogen functional groups attached to an aromatic ring is 1. The highest BCUT2D eigenvalue weighted by Gasteiger charge is 2.21. The standard InChI is InChI=1S/C15H18N4O2.ClH/c1-4-11-13(9(3)20)8(2)18-14(11)15(21)19-10-5-6-12(16)17-7-10;/h5-7,18H,4H2,1-3H3,(H2,16,17)(H,19,21);1H. The molecule has 1 amide bonds. The van der Waals surface area contributed by atoms with E-state index in [9.17, 15) is 9.59 Å². The van der Waals surface area contributed by atoms with Crippen molar-refractivity contribution in [2.75, 3.05) is 11.1 Å². The Balaban J connectivity index is 0.00000242. The number of aryl methyl sites for hydroxylation is 1. The summed E-state index contributed by atoms with van der Waals surface area (Å²) in [5.74, 6) is 0.0413. The van der Waals surface area contributed by atoms with Crippen LogP contribution in [0.2, 0.25) is 0 Å². The average Bonchev–Trinajstić information content (AvgIpc) is 2.78. The monoisotopic (exact) mass is 322 g/mol. The minimum atomic E-state index is -0.297. The summed E-state index contributed by atoms with van der Waals surface area (Å²) in [4.78, 5) is 31.0. The highest BCUT2D eigenvalue weighted by molar-refractivity contribution is 6.07. The molecule has 0 aliphatic rings. The van der Waals surface area contributed by atoms with Gasteiger partial charge >= 0.3 is 0 Å². The van der Waals surface area contributed by atoms with E-state index in [0.29, 0.717) is 34.9 Å². The van der Waals surface area contributed by atoms with Gasteiger partial charge in [-0.2, -0.15) is 0 Å². The molecular weight excluding hydrogens is 304 g/mol. The van der Waals surface area contributed by atoms with E-state index in [0.717, 1.165) is 5.56 Å². The van der Waals surface area contributed by atoms with Gasteiger partial charge in [0.1, 0.15) is 11.5 Å². The van der Waals surface area contributed by atoms with Crippen molar-refractivity contribution in [1.29, 1.82) is 0 Å². The van der Waals surface area contributed by atoms with Gasteiger partial charge in [0.2, 0.25) is 0 Å². The Morgan fingerprint density at radius 2 is 2.05 bits per heavy atom. The number of halogens is 1. The number of amides is 1. The quantitative estimate of drug-likeness (QED) is 0.753. The van der Waals surface area contributed by atoms with Crippen LogP contribution in [0.5, 0.6) is 0 Å². The Morgan fingerprint density at radius 3 is 2.55 bits per heavy atom. The largest absolute Gasteiger partial charge is 0.384 e. The molecule has 0 atom stereocenters. The molecule has 0 aliphatic carbocycles. The van der Waals surface area contributed by atoms with Crippen molar-refractivity contribution >= 4 is 35.6 Å². The Labute approximate surface area is 134 Å². The third-order valence-corrected chi connectivity index (χ3v) is 3.27. The van der Waals surface area contributed by atoms with E-state index in [2.05, 4.69) is 15.3 Å². The fourth-order valence-electron chi connectivity index (χ4n) is 2.37. The Kier molecular flexibility index (Phi) is 5.70. The molecule has 22 heavy (non-hydrogen) atoms. The molecule has 4 N–H and O–H groups in total. The van der Waals surface area contributed by atoms with Crippen LogP contribution < -0.4 is 11.1 Å². The number of aromatic nitrogens is 2. The number of carbonyl (C=O) groups is 2. The summed E-state index contributed by atoms with van der Waals surface area (Å²) < 4.78 is 0. The van der Waals surface area contributed by atoms with Crippen molar-refractivity contribution in [3.63, 3.8) is 0 Å². The molecule has 7 heteroatoms. The van der Waals surface area contributed by atoms with E-state index in [4.69, 9.17) is 5.73 Å². The van der Waals surface area contributed by atoms with Crippen LogP contribution in [0, 0.1) is 6.92 Å². The molecule has 2 aromatic heterocycles.